The maximum Gasteiger partial charge on any atom is 0.240 e. The minimum Gasteiger partial charge on any atom is -0.381 e. The molecule has 1 aliphatic heterocycles. The van der Waals surface area contributed by atoms with Gasteiger partial charge >= 0.3 is 0 Å². The molecular formula is C7H14N2O2. The van der Waals surface area contributed by atoms with Gasteiger partial charge in [0.1, 0.15) is 0 Å². The molecule has 1 aliphatic rings. The summed E-state index contributed by atoms with van der Waals surface area (Å²) in [4.78, 5) is 11.2. The zero-order chi connectivity index (χ0) is 8.32. The largest absolute Gasteiger partial charge is 0.381 e. The van der Waals surface area contributed by atoms with Crippen LogP contribution in [0.15, 0.2) is 0 Å². The summed E-state index contributed by atoms with van der Waals surface area (Å²) in [7, 11) is 1.60. The number of ether oxygens (including phenoxy) is 1. The Morgan fingerprint density at radius 3 is 2.55 bits per heavy atom. The van der Waals surface area contributed by atoms with Crippen molar-refractivity contribution in [3.05, 3.63) is 0 Å². The van der Waals surface area contributed by atoms with Crippen LogP contribution >= 0.6 is 0 Å². The van der Waals surface area contributed by atoms with Gasteiger partial charge in [-0.05, 0) is 12.8 Å². The van der Waals surface area contributed by atoms with Crippen molar-refractivity contribution in [2.75, 3.05) is 20.3 Å². The van der Waals surface area contributed by atoms with Crippen molar-refractivity contribution in [1.82, 2.24) is 5.32 Å². The molecule has 3 N–H and O–H groups in total. The first-order chi connectivity index (χ1) is 5.19. The van der Waals surface area contributed by atoms with E-state index in [1.165, 1.54) is 0 Å². The Morgan fingerprint density at radius 2 is 2.09 bits per heavy atom. The summed E-state index contributed by atoms with van der Waals surface area (Å²) in [6.07, 6.45) is 1.24. The highest BCUT2D eigenvalue weighted by atomic mass is 16.5. The molecule has 4 heteroatoms. The molecule has 0 aromatic heterocycles. The molecule has 1 fully saturated rings. The smallest absolute Gasteiger partial charge is 0.240 e. The normalized spacial score (nSPS) is 22.7. The summed E-state index contributed by atoms with van der Waals surface area (Å²) in [5.74, 6) is -0.0826. The molecule has 0 aliphatic carbocycles. The molecule has 0 saturated carbocycles. The summed E-state index contributed by atoms with van der Waals surface area (Å²) in [5.41, 5.74) is 5.13. The average Bonchev–Trinajstić information content (AvgIpc) is 2.04. The van der Waals surface area contributed by atoms with Crippen LogP contribution in [0.4, 0.5) is 0 Å². The lowest BCUT2D eigenvalue weighted by Gasteiger charge is -2.31. The molecule has 0 aromatic rings. The van der Waals surface area contributed by atoms with Gasteiger partial charge in [0.05, 0.1) is 5.54 Å². The Kier molecular flexibility index (Phi) is 2.46. The number of hydrogen-bond donors (Lipinski definition) is 2. The zero-order valence-corrected chi connectivity index (χ0v) is 6.72. The van der Waals surface area contributed by atoms with E-state index in [1.807, 2.05) is 0 Å². The van der Waals surface area contributed by atoms with E-state index >= 15 is 0 Å². The van der Waals surface area contributed by atoms with Gasteiger partial charge in [-0.1, -0.05) is 0 Å². The predicted octanol–water partition coefficient (Wildman–Crippen LogP) is -0.760. The molecular weight excluding hydrogens is 144 g/mol. The Bertz CT molecular complexity index is 153. The van der Waals surface area contributed by atoms with Gasteiger partial charge in [-0.15, -0.1) is 0 Å². The van der Waals surface area contributed by atoms with Crippen molar-refractivity contribution < 1.29 is 9.53 Å². The lowest BCUT2D eigenvalue weighted by molar-refractivity contribution is -0.129. The third-order valence-electron chi connectivity index (χ3n) is 2.06. The van der Waals surface area contributed by atoms with E-state index in [9.17, 15) is 4.79 Å². The van der Waals surface area contributed by atoms with Gasteiger partial charge in [0.2, 0.25) is 5.91 Å². The summed E-state index contributed by atoms with van der Waals surface area (Å²) in [5, 5.41) is 2.56. The fraction of sp³-hybridized carbons (Fsp3) is 0.857. The quantitative estimate of drug-likeness (QED) is 0.527. The third kappa shape index (κ3) is 1.70. The Balaban J connectivity index is 2.56. The molecule has 4 nitrogen and oxygen atoms in total. The maximum absolute atomic E-state index is 11.2. The third-order valence-corrected chi connectivity index (χ3v) is 2.06. The first-order valence-corrected chi connectivity index (χ1v) is 3.78. The lowest BCUT2D eigenvalue weighted by Crippen LogP contribution is -2.56. The molecule has 1 heterocycles. The van der Waals surface area contributed by atoms with Gasteiger partial charge in [0.25, 0.3) is 0 Å². The number of carbonyl (C=O) groups excluding carboxylic acids is 1. The van der Waals surface area contributed by atoms with Gasteiger partial charge in [0.15, 0.2) is 0 Å². The number of carbonyl (C=O) groups is 1. The lowest BCUT2D eigenvalue weighted by atomic mass is 9.90. The number of amides is 1. The molecule has 1 saturated heterocycles. The summed E-state index contributed by atoms with van der Waals surface area (Å²) < 4.78 is 5.10. The molecule has 0 unspecified atom stereocenters. The SMILES string of the molecule is CNC(=O)C1(N)CCOCC1. The van der Waals surface area contributed by atoms with Crippen LogP contribution in [0.5, 0.6) is 0 Å². The Morgan fingerprint density at radius 1 is 1.55 bits per heavy atom. The van der Waals surface area contributed by atoms with E-state index in [4.69, 9.17) is 10.5 Å². The number of nitrogens with two attached hydrogens (primary N) is 1. The molecule has 0 spiro atoms. The number of likely N-dealkylation sites (N-methyl/N-ethyl adjacent to an activating group) is 1. The molecule has 0 radical (unpaired) electrons. The van der Waals surface area contributed by atoms with Crippen LogP contribution in [0.2, 0.25) is 0 Å². The fourth-order valence-corrected chi connectivity index (χ4v) is 1.21. The van der Waals surface area contributed by atoms with Gasteiger partial charge < -0.3 is 15.8 Å². The summed E-state index contributed by atoms with van der Waals surface area (Å²) in [6, 6.07) is 0. The number of rotatable bonds is 1. The monoisotopic (exact) mass is 158 g/mol. The van der Waals surface area contributed by atoms with Crippen molar-refractivity contribution >= 4 is 5.91 Å². The molecule has 0 atom stereocenters. The highest BCUT2D eigenvalue weighted by Crippen LogP contribution is 2.17. The van der Waals surface area contributed by atoms with Gasteiger partial charge in [0, 0.05) is 20.3 Å². The number of hydrogen-bond acceptors (Lipinski definition) is 3. The van der Waals surface area contributed by atoms with E-state index in [0.29, 0.717) is 26.1 Å². The Labute approximate surface area is 66.1 Å². The van der Waals surface area contributed by atoms with Crippen molar-refractivity contribution in [3.63, 3.8) is 0 Å². The highest BCUT2D eigenvalue weighted by Gasteiger charge is 2.34. The molecule has 64 valence electrons. The standard InChI is InChI=1S/C7H14N2O2/c1-9-6(10)7(8)2-4-11-5-3-7/h2-5,8H2,1H3,(H,9,10). The topological polar surface area (TPSA) is 64.4 Å². The minimum atomic E-state index is -0.687. The minimum absolute atomic E-state index is 0.0826. The molecule has 1 amide bonds. The molecule has 0 bridgehead atoms. The van der Waals surface area contributed by atoms with Crippen molar-refractivity contribution in [2.45, 2.75) is 18.4 Å². The molecule has 0 aromatic carbocycles. The zero-order valence-electron chi connectivity index (χ0n) is 6.72. The second-order valence-corrected chi connectivity index (χ2v) is 2.85. The predicted molar refractivity (Wildman–Crippen MR) is 41.0 cm³/mol. The van der Waals surface area contributed by atoms with E-state index in [0.717, 1.165) is 0 Å². The van der Waals surface area contributed by atoms with Crippen molar-refractivity contribution in [3.8, 4) is 0 Å². The molecule has 11 heavy (non-hydrogen) atoms. The van der Waals surface area contributed by atoms with Crippen LogP contribution in [-0.4, -0.2) is 31.7 Å². The van der Waals surface area contributed by atoms with Crippen LogP contribution in [0.3, 0.4) is 0 Å². The fourth-order valence-electron chi connectivity index (χ4n) is 1.21. The first-order valence-electron chi connectivity index (χ1n) is 3.78. The van der Waals surface area contributed by atoms with E-state index in [-0.39, 0.29) is 5.91 Å². The van der Waals surface area contributed by atoms with Crippen LogP contribution in [0.1, 0.15) is 12.8 Å². The van der Waals surface area contributed by atoms with Crippen molar-refractivity contribution in [2.24, 2.45) is 5.73 Å². The van der Waals surface area contributed by atoms with Gasteiger partial charge in [-0.3, -0.25) is 4.79 Å². The summed E-state index contributed by atoms with van der Waals surface area (Å²) >= 11 is 0. The maximum atomic E-state index is 11.2. The van der Waals surface area contributed by atoms with E-state index in [1.54, 1.807) is 7.05 Å². The molecule has 1 rings (SSSR count). The van der Waals surface area contributed by atoms with Crippen LogP contribution in [-0.2, 0) is 9.53 Å². The van der Waals surface area contributed by atoms with Gasteiger partial charge in [-0.2, -0.15) is 0 Å². The van der Waals surface area contributed by atoms with Crippen LogP contribution in [0, 0.1) is 0 Å². The second-order valence-electron chi connectivity index (χ2n) is 2.85. The first kappa shape index (κ1) is 8.49. The Hall–Kier alpha value is -0.610. The van der Waals surface area contributed by atoms with Crippen molar-refractivity contribution in [1.29, 1.82) is 0 Å². The van der Waals surface area contributed by atoms with Gasteiger partial charge in [-0.25, -0.2) is 0 Å². The highest BCUT2D eigenvalue weighted by molar-refractivity contribution is 5.85. The average molecular weight is 158 g/mol. The second kappa shape index (κ2) is 3.19. The van der Waals surface area contributed by atoms with E-state index in [2.05, 4.69) is 5.32 Å². The number of nitrogens with one attached hydrogen (secondary N) is 1. The van der Waals surface area contributed by atoms with E-state index < -0.39 is 5.54 Å². The van der Waals surface area contributed by atoms with Crippen LogP contribution < -0.4 is 11.1 Å². The van der Waals surface area contributed by atoms with Crippen LogP contribution in [0.25, 0.3) is 0 Å². The summed E-state index contributed by atoms with van der Waals surface area (Å²) in [6.45, 7) is 1.17.